The van der Waals surface area contributed by atoms with Crippen molar-refractivity contribution in [3.05, 3.63) is 59.2 Å². The van der Waals surface area contributed by atoms with Gasteiger partial charge in [-0.1, -0.05) is 118 Å². The van der Waals surface area contributed by atoms with Crippen LogP contribution in [0.4, 0.5) is 0 Å². The molecule has 0 N–H and O–H groups in total. The van der Waals surface area contributed by atoms with Crippen molar-refractivity contribution in [1.29, 1.82) is 0 Å². The molecule has 35 heavy (non-hydrogen) atoms. The number of hydrogen-bond acceptors (Lipinski definition) is 0. The molecule has 0 nitrogen and oxygen atoms in total. The minimum Gasteiger partial charge on any atom is -0.213 e. The molecule has 0 saturated carbocycles. The normalized spacial score (nSPS) is 13.5. The third-order valence-electron chi connectivity index (χ3n) is 6.43. The van der Waals surface area contributed by atoms with Crippen molar-refractivity contribution in [2.75, 3.05) is 0 Å². The van der Waals surface area contributed by atoms with Gasteiger partial charge in [-0.05, 0) is 32.2 Å². The van der Waals surface area contributed by atoms with Crippen LogP contribution >= 0.6 is 15.8 Å². The van der Waals surface area contributed by atoms with Crippen molar-refractivity contribution >= 4 is 15.8 Å². The molecule has 0 spiro atoms. The topological polar surface area (TPSA) is 0 Å². The van der Waals surface area contributed by atoms with E-state index in [0.29, 0.717) is 26.0 Å². The molecule has 3 heteroatoms. The van der Waals surface area contributed by atoms with E-state index in [9.17, 15) is 0 Å². The molecule has 0 radical (unpaired) electrons. The maximum Gasteiger partial charge on any atom is 2.00 e. The molecule has 0 unspecified atom stereocenters. The van der Waals surface area contributed by atoms with Gasteiger partial charge in [0, 0.05) is 0 Å². The third-order valence-corrected chi connectivity index (χ3v) is 14.2. The van der Waals surface area contributed by atoms with Gasteiger partial charge in [-0.3, -0.25) is 0 Å². The molecule has 0 amide bonds. The summed E-state index contributed by atoms with van der Waals surface area (Å²) < 4.78 is 0. The van der Waals surface area contributed by atoms with Crippen LogP contribution in [0, 0.1) is 0 Å². The standard InChI is InChI=1S/C23H43P2.C9H13.Fe/c1-20(2,3)24(21(4,5)6)16-18-14-13-15-19(18)17-25(22(7,8)9)23(10,11)12;1-9(2,3)8-6-4-5-7-8;/h13-15H,16-17H2,1-12H3;4-7H,1-3H3;/q2*-1;+2. The Labute approximate surface area is 233 Å². The first kappa shape index (κ1) is 35.1. The van der Waals surface area contributed by atoms with Crippen molar-refractivity contribution in [2.24, 2.45) is 0 Å². The second-order valence-electron chi connectivity index (χ2n) is 14.9. The van der Waals surface area contributed by atoms with Crippen LogP contribution in [0.3, 0.4) is 0 Å². The van der Waals surface area contributed by atoms with Gasteiger partial charge in [-0.25, -0.2) is 18.2 Å². The predicted molar refractivity (Wildman–Crippen MR) is 163 cm³/mol. The van der Waals surface area contributed by atoms with Crippen molar-refractivity contribution in [3.63, 3.8) is 0 Å². The Kier molecular flexibility index (Phi) is 12.8. The predicted octanol–water partition coefficient (Wildman–Crippen LogP) is 11.3. The van der Waals surface area contributed by atoms with Gasteiger partial charge in [0.1, 0.15) is 0 Å². The van der Waals surface area contributed by atoms with Crippen LogP contribution in [-0.4, -0.2) is 20.6 Å². The Bertz CT molecular complexity index is 761. The molecule has 0 heterocycles. The van der Waals surface area contributed by atoms with E-state index in [0.717, 1.165) is 0 Å². The van der Waals surface area contributed by atoms with Crippen LogP contribution in [-0.2, 0) is 34.8 Å². The summed E-state index contributed by atoms with van der Waals surface area (Å²) in [6.07, 6.45) is 2.53. The van der Waals surface area contributed by atoms with E-state index in [4.69, 9.17) is 0 Å². The minimum atomic E-state index is -0.0835. The van der Waals surface area contributed by atoms with Crippen molar-refractivity contribution in [1.82, 2.24) is 0 Å². The van der Waals surface area contributed by atoms with E-state index in [1.165, 1.54) is 17.9 Å². The summed E-state index contributed by atoms with van der Waals surface area (Å²) in [6, 6.07) is 15.6. The molecular formula is C32H56FeP2. The van der Waals surface area contributed by atoms with Crippen molar-refractivity contribution < 1.29 is 17.1 Å². The molecule has 2 aromatic carbocycles. The van der Waals surface area contributed by atoms with Crippen LogP contribution in [0.1, 0.15) is 121 Å². The van der Waals surface area contributed by atoms with Crippen LogP contribution in [0.15, 0.2) is 42.5 Å². The van der Waals surface area contributed by atoms with Crippen molar-refractivity contribution in [2.45, 2.75) is 142 Å². The van der Waals surface area contributed by atoms with E-state index in [1.54, 1.807) is 11.1 Å². The van der Waals surface area contributed by atoms with E-state index < -0.39 is 0 Å². The maximum atomic E-state index is 2.43. The quantitative estimate of drug-likeness (QED) is 0.199. The molecule has 0 saturated heterocycles. The van der Waals surface area contributed by atoms with Crippen LogP contribution < -0.4 is 0 Å². The summed E-state index contributed by atoms with van der Waals surface area (Å²) in [5.41, 5.74) is 4.99. The average Bonchev–Trinajstić information content (AvgIpc) is 3.25. The Morgan fingerprint density at radius 3 is 1.31 bits per heavy atom. The van der Waals surface area contributed by atoms with Gasteiger partial charge >= 0.3 is 17.1 Å². The summed E-state index contributed by atoms with van der Waals surface area (Å²) in [7, 11) is -0.167. The summed E-state index contributed by atoms with van der Waals surface area (Å²) in [6.45, 7) is 35.9. The smallest absolute Gasteiger partial charge is 0.213 e. The Morgan fingerprint density at radius 1 is 0.571 bits per heavy atom. The Balaban J connectivity index is 0.000000968. The second kappa shape index (κ2) is 12.8. The monoisotopic (exact) mass is 558 g/mol. The molecule has 0 aliphatic rings. The first-order valence-electron chi connectivity index (χ1n) is 13.1. The second-order valence-corrected chi connectivity index (χ2v) is 22.6. The molecule has 2 aromatic rings. The van der Waals surface area contributed by atoms with Crippen LogP contribution in [0.5, 0.6) is 0 Å². The molecule has 0 fully saturated rings. The van der Waals surface area contributed by atoms with Gasteiger partial charge in [-0.2, -0.15) is 41.0 Å². The van der Waals surface area contributed by atoms with Gasteiger partial charge in [-0.15, -0.1) is 7.92 Å². The van der Waals surface area contributed by atoms with Gasteiger partial charge in [0.15, 0.2) is 0 Å². The van der Waals surface area contributed by atoms with Crippen molar-refractivity contribution in [3.8, 4) is 0 Å². The number of hydrogen-bond donors (Lipinski definition) is 0. The van der Waals surface area contributed by atoms with E-state index in [2.05, 4.69) is 146 Å². The first-order valence-corrected chi connectivity index (χ1v) is 16.1. The molecule has 0 bridgehead atoms. The molecule has 0 aromatic heterocycles. The largest absolute Gasteiger partial charge is 2.00 e. The molecule has 202 valence electrons. The molecule has 0 aliphatic carbocycles. The molecule has 2 rings (SSSR count). The summed E-state index contributed by atoms with van der Waals surface area (Å²) in [5, 5.41) is 1.56. The number of rotatable bonds is 4. The van der Waals surface area contributed by atoms with Crippen LogP contribution in [0.2, 0.25) is 0 Å². The zero-order valence-electron chi connectivity index (χ0n) is 25.7. The third kappa shape index (κ3) is 11.6. The van der Waals surface area contributed by atoms with E-state index in [-0.39, 0.29) is 32.9 Å². The Morgan fingerprint density at radius 2 is 1.00 bits per heavy atom. The zero-order valence-corrected chi connectivity index (χ0v) is 28.6. The molecule has 0 aliphatic heterocycles. The summed E-state index contributed by atoms with van der Waals surface area (Å²) in [4.78, 5) is 0. The maximum absolute atomic E-state index is 2.43. The Hall–Kier alpha value is 0.0795. The molecule has 0 atom stereocenters. The molecular weight excluding hydrogens is 502 g/mol. The average molecular weight is 559 g/mol. The first-order chi connectivity index (χ1) is 15.0. The minimum absolute atomic E-state index is 0. The van der Waals surface area contributed by atoms with Crippen LogP contribution in [0.25, 0.3) is 0 Å². The summed E-state index contributed by atoms with van der Waals surface area (Å²) >= 11 is 0. The summed E-state index contributed by atoms with van der Waals surface area (Å²) in [5.74, 6) is 0. The fourth-order valence-corrected chi connectivity index (χ4v) is 12.2. The van der Waals surface area contributed by atoms with Gasteiger partial charge in [0.2, 0.25) is 0 Å². The SMILES string of the molecule is CC(C)(C)P(Cc1cc[cH-]c1CP(C(C)(C)C)C(C)(C)C)C(C)(C)C.CC(C)(C)c1ccc[cH-]1.[Fe+2]. The fraction of sp³-hybridized carbons (Fsp3) is 0.688. The van der Waals surface area contributed by atoms with Gasteiger partial charge < -0.3 is 0 Å². The fourth-order valence-electron chi connectivity index (χ4n) is 4.98. The van der Waals surface area contributed by atoms with E-state index in [1.807, 2.05) is 0 Å². The van der Waals surface area contributed by atoms with E-state index >= 15 is 0 Å². The van der Waals surface area contributed by atoms with Gasteiger partial charge in [0.05, 0.1) is 0 Å². The van der Waals surface area contributed by atoms with Gasteiger partial charge in [0.25, 0.3) is 0 Å². The zero-order chi connectivity index (χ0) is 26.8.